The fraction of sp³-hybridized carbons (Fsp3) is 0.471. The average molecular weight is 331 g/mol. The monoisotopic (exact) mass is 331 g/mol. The highest BCUT2D eigenvalue weighted by molar-refractivity contribution is 6.04. The number of hydrogen-bond acceptors (Lipinski definition) is 5. The van der Waals surface area contributed by atoms with E-state index in [0.29, 0.717) is 32.4 Å². The molecule has 3 rings (SSSR count). The van der Waals surface area contributed by atoms with Crippen LogP contribution in [0.3, 0.4) is 0 Å². The first-order valence-corrected chi connectivity index (χ1v) is 8.08. The van der Waals surface area contributed by atoms with Gasteiger partial charge < -0.3 is 19.8 Å². The zero-order valence-electron chi connectivity index (χ0n) is 13.6. The van der Waals surface area contributed by atoms with Gasteiger partial charge in [-0.15, -0.1) is 0 Å². The Morgan fingerprint density at radius 3 is 2.62 bits per heavy atom. The number of ether oxygens (including phenoxy) is 1. The molecule has 1 aromatic carbocycles. The van der Waals surface area contributed by atoms with Gasteiger partial charge in [-0.3, -0.25) is 4.79 Å². The number of oxime groups is 1. The zero-order chi connectivity index (χ0) is 16.9. The van der Waals surface area contributed by atoms with Crippen LogP contribution in [0.4, 0.5) is 4.79 Å². The van der Waals surface area contributed by atoms with E-state index >= 15 is 0 Å². The summed E-state index contributed by atoms with van der Waals surface area (Å²) in [6.45, 7) is 1.16. The van der Waals surface area contributed by atoms with Crippen molar-refractivity contribution in [2.75, 3.05) is 20.2 Å². The maximum Gasteiger partial charge on any atom is 0.409 e. The highest BCUT2D eigenvalue weighted by atomic mass is 16.6. The second-order valence-electron chi connectivity index (χ2n) is 5.94. The Morgan fingerprint density at radius 2 is 1.96 bits per heavy atom. The van der Waals surface area contributed by atoms with Crippen molar-refractivity contribution in [2.45, 2.75) is 31.4 Å². The lowest BCUT2D eigenvalue weighted by atomic mass is 10.0. The molecule has 7 nitrogen and oxygen atoms in total. The summed E-state index contributed by atoms with van der Waals surface area (Å²) in [6, 6.07) is 9.74. The van der Waals surface area contributed by atoms with Gasteiger partial charge in [-0.1, -0.05) is 35.5 Å². The SMILES string of the molecule is COC(=O)N1CCC(NC(=O)[C@@H]2CC(c3ccccc3)=NO2)CC1. The summed E-state index contributed by atoms with van der Waals surface area (Å²) < 4.78 is 4.71. The van der Waals surface area contributed by atoms with E-state index < -0.39 is 6.10 Å². The first kappa shape index (κ1) is 16.3. The second kappa shape index (κ2) is 7.33. The van der Waals surface area contributed by atoms with Crippen LogP contribution in [0.1, 0.15) is 24.8 Å². The maximum atomic E-state index is 12.3. The summed E-state index contributed by atoms with van der Waals surface area (Å²) in [7, 11) is 1.37. The Labute approximate surface area is 140 Å². The summed E-state index contributed by atoms with van der Waals surface area (Å²) in [4.78, 5) is 30.7. The maximum absolute atomic E-state index is 12.3. The zero-order valence-corrected chi connectivity index (χ0v) is 13.6. The average Bonchev–Trinajstić information content (AvgIpc) is 3.13. The molecule has 0 radical (unpaired) electrons. The van der Waals surface area contributed by atoms with E-state index in [1.54, 1.807) is 4.90 Å². The van der Waals surface area contributed by atoms with Crippen LogP contribution in [0.5, 0.6) is 0 Å². The van der Waals surface area contributed by atoms with Crippen LogP contribution in [-0.2, 0) is 14.4 Å². The van der Waals surface area contributed by atoms with Crippen LogP contribution >= 0.6 is 0 Å². The molecule has 1 N–H and O–H groups in total. The predicted octanol–water partition coefficient (Wildman–Crippen LogP) is 1.53. The number of benzene rings is 1. The third-order valence-corrected chi connectivity index (χ3v) is 4.34. The van der Waals surface area contributed by atoms with Crippen molar-refractivity contribution in [3.8, 4) is 0 Å². The molecular formula is C17H21N3O4. The molecule has 24 heavy (non-hydrogen) atoms. The van der Waals surface area contributed by atoms with Gasteiger partial charge in [0.2, 0.25) is 6.10 Å². The van der Waals surface area contributed by atoms with Crippen molar-refractivity contribution >= 4 is 17.7 Å². The van der Waals surface area contributed by atoms with Gasteiger partial charge in [0.05, 0.1) is 12.8 Å². The summed E-state index contributed by atoms with van der Waals surface area (Å²) in [5.74, 6) is -0.152. The van der Waals surface area contributed by atoms with Crippen LogP contribution < -0.4 is 5.32 Å². The lowest BCUT2D eigenvalue weighted by Gasteiger charge is -2.31. The molecule has 2 heterocycles. The molecule has 0 aromatic heterocycles. The number of likely N-dealkylation sites (tertiary alicyclic amines) is 1. The van der Waals surface area contributed by atoms with Crippen molar-refractivity contribution < 1.29 is 19.2 Å². The van der Waals surface area contributed by atoms with E-state index in [9.17, 15) is 9.59 Å². The smallest absolute Gasteiger partial charge is 0.409 e. The molecule has 2 amide bonds. The van der Waals surface area contributed by atoms with Crippen molar-refractivity contribution in [3.05, 3.63) is 35.9 Å². The summed E-state index contributed by atoms with van der Waals surface area (Å²) in [6.07, 6.45) is 0.982. The Kier molecular flexibility index (Phi) is 4.98. The molecule has 0 spiro atoms. The normalized spacial score (nSPS) is 21.0. The highest BCUT2D eigenvalue weighted by Gasteiger charge is 2.31. The molecule has 0 unspecified atom stereocenters. The number of piperidine rings is 1. The van der Waals surface area contributed by atoms with Crippen LogP contribution in [-0.4, -0.2) is 55.0 Å². The molecule has 0 aliphatic carbocycles. The number of nitrogens with zero attached hydrogens (tertiary/aromatic N) is 2. The van der Waals surface area contributed by atoms with Crippen molar-refractivity contribution in [3.63, 3.8) is 0 Å². The van der Waals surface area contributed by atoms with Gasteiger partial charge in [0.25, 0.3) is 5.91 Å². The summed E-state index contributed by atoms with van der Waals surface area (Å²) >= 11 is 0. The van der Waals surface area contributed by atoms with E-state index in [4.69, 9.17) is 9.57 Å². The number of methoxy groups -OCH3 is 1. The van der Waals surface area contributed by atoms with Gasteiger partial charge in [0.15, 0.2) is 0 Å². The van der Waals surface area contributed by atoms with Gasteiger partial charge in [0.1, 0.15) is 0 Å². The number of hydrogen-bond donors (Lipinski definition) is 1. The molecule has 2 aliphatic heterocycles. The minimum atomic E-state index is -0.584. The minimum Gasteiger partial charge on any atom is -0.453 e. The molecule has 1 saturated heterocycles. The van der Waals surface area contributed by atoms with E-state index in [1.807, 2.05) is 30.3 Å². The predicted molar refractivity (Wildman–Crippen MR) is 87.6 cm³/mol. The summed E-state index contributed by atoms with van der Waals surface area (Å²) in [5, 5.41) is 7.03. The first-order valence-electron chi connectivity index (χ1n) is 8.08. The molecule has 128 valence electrons. The summed E-state index contributed by atoms with van der Waals surface area (Å²) in [5.41, 5.74) is 1.76. The quantitative estimate of drug-likeness (QED) is 0.911. The highest BCUT2D eigenvalue weighted by Crippen LogP contribution is 2.18. The third-order valence-electron chi connectivity index (χ3n) is 4.34. The van der Waals surface area contributed by atoms with Crippen LogP contribution in [0.15, 0.2) is 35.5 Å². The molecule has 1 fully saturated rings. The van der Waals surface area contributed by atoms with Gasteiger partial charge in [-0.2, -0.15) is 0 Å². The third kappa shape index (κ3) is 3.67. The number of carbonyl (C=O) groups excluding carboxylic acids is 2. The number of rotatable bonds is 3. The van der Waals surface area contributed by atoms with E-state index in [1.165, 1.54) is 7.11 Å². The molecule has 2 aliphatic rings. The Bertz CT molecular complexity index is 624. The van der Waals surface area contributed by atoms with E-state index in [2.05, 4.69) is 10.5 Å². The first-order chi connectivity index (χ1) is 11.7. The van der Waals surface area contributed by atoms with Gasteiger partial charge in [-0.05, 0) is 18.4 Å². The number of amides is 2. The molecular weight excluding hydrogens is 310 g/mol. The Morgan fingerprint density at radius 1 is 1.25 bits per heavy atom. The van der Waals surface area contributed by atoms with Gasteiger partial charge in [0, 0.05) is 25.6 Å². The fourth-order valence-corrected chi connectivity index (χ4v) is 2.95. The molecule has 1 aromatic rings. The molecule has 1 atom stereocenters. The van der Waals surface area contributed by atoms with E-state index in [0.717, 1.165) is 11.3 Å². The molecule has 0 saturated carbocycles. The lowest BCUT2D eigenvalue weighted by molar-refractivity contribution is -0.132. The van der Waals surface area contributed by atoms with Crippen LogP contribution in [0.2, 0.25) is 0 Å². The fourth-order valence-electron chi connectivity index (χ4n) is 2.95. The van der Waals surface area contributed by atoms with Crippen LogP contribution in [0, 0.1) is 0 Å². The molecule has 7 heteroatoms. The number of nitrogens with one attached hydrogen (secondary N) is 1. The van der Waals surface area contributed by atoms with Gasteiger partial charge >= 0.3 is 6.09 Å². The van der Waals surface area contributed by atoms with Crippen molar-refractivity contribution in [1.29, 1.82) is 0 Å². The number of carbonyl (C=O) groups is 2. The topological polar surface area (TPSA) is 80.2 Å². The van der Waals surface area contributed by atoms with Crippen molar-refractivity contribution in [1.82, 2.24) is 10.2 Å². The van der Waals surface area contributed by atoms with Crippen molar-refractivity contribution in [2.24, 2.45) is 5.16 Å². The van der Waals surface area contributed by atoms with Crippen LogP contribution in [0.25, 0.3) is 0 Å². The Hall–Kier alpha value is -2.57. The minimum absolute atomic E-state index is 0.0442. The standard InChI is InChI=1S/C17H21N3O4/c1-23-17(22)20-9-7-13(8-10-20)18-16(21)15-11-14(19-24-15)12-5-3-2-4-6-12/h2-6,13,15H,7-11H2,1H3,(H,18,21)/t15-/m0/s1. The Balaban J connectivity index is 1.47. The van der Waals surface area contributed by atoms with E-state index in [-0.39, 0.29) is 18.0 Å². The lowest BCUT2D eigenvalue weighted by Crippen LogP contribution is -2.48. The van der Waals surface area contributed by atoms with Gasteiger partial charge in [-0.25, -0.2) is 4.79 Å². The largest absolute Gasteiger partial charge is 0.453 e. The second-order valence-corrected chi connectivity index (χ2v) is 5.94. The molecule has 0 bridgehead atoms.